The Bertz CT molecular complexity index is 1400. The summed E-state index contributed by atoms with van der Waals surface area (Å²) in [5, 5.41) is 12.4. The third kappa shape index (κ3) is 5.35. The topological polar surface area (TPSA) is 93.4 Å². The molecule has 2 N–H and O–H groups in total. The van der Waals surface area contributed by atoms with Crippen molar-refractivity contribution in [1.82, 2.24) is 9.55 Å². The highest BCUT2D eigenvalue weighted by Crippen LogP contribution is 2.37. The van der Waals surface area contributed by atoms with E-state index in [1.54, 1.807) is 24.3 Å². The maximum absolute atomic E-state index is 12.9. The van der Waals surface area contributed by atoms with Gasteiger partial charge in [0.05, 0.1) is 23.2 Å². The van der Waals surface area contributed by atoms with E-state index in [4.69, 9.17) is 9.72 Å². The highest BCUT2D eigenvalue weighted by Gasteiger charge is 2.24. The lowest BCUT2D eigenvalue weighted by Crippen LogP contribution is -2.12. The summed E-state index contributed by atoms with van der Waals surface area (Å²) in [6.07, 6.45) is 6.57. The maximum Gasteiger partial charge on any atom is 0.335 e. The van der Waals surface area contributed by atoms with E-state index in [-0.39, 0.29) is 11.5 Å². The van der Waals surface area contributed by atoms with Gasteiger partial charge in [-0.15, -0.1) is 0 Å². The van der Waals surface area contributed by atoms with Gasteiger partial charge in [0.2, 0.25) is 0 Å². The van der Waals surface area contributed by atoms with Gasteiger partial charge in [-0.2, -0.15) is 0 Å². The Morgan fingerprint density at radius 3 is 2.38 bits per heavy atom. The summed E-state index contributed by atoms with van der Waals surface area (Å²) in [7, 11) is 0. The lowest BCUT2D eigenvalue weighted by molar-refractivity contribution is 0.0696. The van der Waals surface area contributed by atoms with E-state index in [0.29, 0.717) is 29.4 Å². The number of aromatic carboxylic acids is 1. The number of carbonyl (C=O) groups excluding carboxylic acids is 1. The van der Waals surface area contributed by atoms with Gasteiger partial charge in [0, 0.05) is 22.9 Å². The number of rotatable bonds is 9. The second-order valence-electron chi connectivity index (χ2n) is 9.51. The number of carbonyl (C=O) groups is 2. The number of benzene rings is 3. The fourth-order valence-electron chi connectivity index (χ4n) is 4.91. The second-order valence-corrected chi connectivity index (χ2v) is 9.51. The van der Waals surface area contributed by atoms with Crippen LogP contribution in [0.15, 0.2) is 66.7 Å². The van der Waals surface area contributed by atoms with Gasteiger partial charge in [-0.3, -0.25) is 4.79 Å². The SMILES string of the molecule is CCCCOc1ccc(NC(=O)c2ccc(-c3nc4cc(C(=O)O)ccc4n3C3CCCC3)cc2)cc1. The first-order chi connectivity index (χ1) is 18.0. The molecular formula is C30H31N3O4. The van der Waals surface area contributed by atoms with E-state index in [2.05, 4.69) is 16.8 Å². The van der Waals surface area contributed by atoms with Gasteiger partial charge in [0.1, 0.15) is 11.6 Å². The molecule has 0 unspecified atom stereocenters. The Balaban J connectivity index is 1.37. The molecule has 0 radical (unpaired) electrons. The van der Waals surface area contributed by atoms with Crippen molar-refractivity contribution in [3.8, 4) is 17.1 Å². The average molecular weight is 498 g/mol. The summed E-state index contributed by atoms with van der Waals surface area (Å²) < 4.78 is 7.93. The molecule has 1 aliphatic rings. The zero-order chi connectivity index (χ0) is 25.8. The van der Waals surface area contributed by atoms with Crippen molar-refractivity contribution in [2.24, 2.45) is 0 Å². The number of fused-ring (bicyclic) bond motifs is 1. The molecule has 190 valence electrons. The molecule has 1 aliphatic carbocycles. The highest BCUT2D eigenvalue weighted by molar-refractivity contribution is 6.04. The molecule has 1 amide bonds. The summed E-state index contributed by atoms with van der Waals surface area (Å²) in [6, 6.07) is 20.3. The Hall–Kier alpha value is -4.13. The summed E-state index contributed by atoms with van der Waals surface area (Å²) in [5.41, 5.74) is 3.98. The largest absolute Gasteiger partial charge is 0.494 e. The molecule has 0 saturated heterocycles. The standard InChI is InChI=1S/C30H31N3O4/c1-2-3-18-37-25-15-13-23(14-16-25)31-29(34)21-10-8-20(9-11-21)28-32-26-19-22(30(35)36)12-17-27(26)33(28)24-6-4-5-7-24/h8-17,19,24H,2-7,18H2,1H3,(H,31,34)(H,35,36). The van der Waals surface area contributed by atoms with Gasteiger partial charge in [0.15, 0.2) is 0 Å². The van der Waals surface area contributed by atoms with Crippen molar-refractivity contribution in [2.75, 3.05) is 11.9 Å². The smallest absolute Gasteiger partial charge is 0.335 e. The summed E-state index contributed by atoms with van der Waals surface area (Å²) in [6.45, 7) is 2.81. The van der Waals surface area contributed by atoms with Gasteiger partial charge < -0.3 is 19.7 Å². The molecule has 3 aromatic carbocycles. The Kier molecular flexibility index (Phi) is 7.21. The summed E-state index contributed by atoms with van der Waals surface area (Å²) in [4.78, 5) is 29.2. The molecule has 1 heterocycles. The molecular weight excluding hydrogens is 466 g/mol. The fourth-order valence-corrected chi connectivity index (χ4v) is 4.91. The van der Waals surface area contributed by atoms with Crippen molar-refractivity contribution in [3.63, 3.8) is 0 Å². The monoisotopic (exact) mass is 497 g/mol. The van der Waals surface area contributed by atoms with Crippen LogP contribution in [-0.2, 0) is 0 Å². The maximum atomic E-state index is 12.9. The minimum absolute atomic E-state index is 0.193. The zero-order valence-electron chi connectivity index (χ0n) is 20.9. The molecule has 7 nitrogen and oxygen atoms in total. The molecule has 0 bridgehead atoms. The number of unbranched alkanes of at least 4 members (excludes halogenated alkanes) is 1. The predicted molar refractivity (Wildman–Crippen MR) is 144 cm³/mol. The molecule has 37 heavy (non-hydrogen) atoms. The Morgan fingerprint density at radius 2 is 1.70 bits per heavy atom. The van der Waals surface area contributed by atoms with Crippen LogP contribution in [0.2, 0.25) is 0 Å². The van der Waals surface area contributed by atoms with E-state index in [1.807, 2.05) is 42.5 Å². The normalized spacial score (nSPS) is 13.6. The molecule has 0 atom stereocenters. The number of carboxylic acid groups (broad SMARTS) is 1. The first-order valence-electron chi connectivity index (χ1n) is 12.9. The van der Waals surface area contributed by atoms with Gasteiger partial charge in [0.25, 0.3) is 5.91 Å². The van der Waals surface area contributed by atoms with E-state index in [9.17, 15) is 14.7 Å². The molecule has 1 saturated carbocycles. The minimum Gasteiger partial charge on any atom is -0.494 e. The number of ether oxygens (including phenoxy) is 1. The minimum atomic E-state index is -0.965. The number of nitrogens with zero attached hydrogens (tertiary/aromatic N) is 2. The Labute approximate surface area is 216 Å². The fraction of sp³-hybridized carbons (Fsp3) is 0.300. The van der Waals surface area contributed by atoms with Crippen LogP contribution in [0.4, 0.5) is 5.69 Å². The molecule has 0 aliphatic heterocycles. The van der Waals surface area contributed by atoms with E-state index >= 15 is 0 Å². The van der Waals surface area contributed by atoms with E-state index in [0.717, 1.165) is 48.3 Å². The lowest BCUT2D eigenvalue weighted by Gasteiger charge is -2.17. The van der Waals surface area contributed by atoms with Gasteiger partial charge in [-0.25, -0.2) is 9.78 Å². The molecule has 1 fully saturated rings. The number of imidazole rings is 1. The quantitative estimate of drug-likeness (QED) is 0.244. The molecule has 1 aromatic heterocycles. The first-order valence-corrected chi connectivity index (χ1v) is 12.9. The van der Waals surface area contributed by atoms with Crippen LogP contribution >= 0.6 is 0 Å². The van der Waals surface area contributed by atoms with Crippen LogP contribution in [-0.4, -0.2) is 33.1 Å². The lowest BCUT2D eigenvalue weighted by atomic mass is 10.1. The van der Waals surface area contributed by atoms with Crippen molar-refractivity contribution >= 4 is 28.6 Å². The summed E-state index contributed by atoms with van der Waals surface area (Å²) >= 11 is 0. The van der Waals surface area contributed by atoms with Crippen LogP contribution in [0.5, 0.6) is 5.75 Å². The number of aromatic nitrogens is 2. The number of hydrogen-bond acceptors (Lipinski definition) is 4. The average Bonchev–Trinajstić information content (AvgIpc) is 3.57. The number of carboxylic acids is 1. The molecule has 5 rings (SSSR count). The van der Waals surface area contributed by atoms with E-state index < -0.39 is 5.97 Å². The Morgan fingerprint density at radius 1 is 1.00 bits per heavy atom. The molecule has 4 aromatic rings. The third-order valence-corrected chi connectivity index (χ3v) is 6.91. The number of nitrogens with one attached hydrogen (secondary N) is 1. The summed E-state index contributed by atoms with van der Waals surface area (Å²) in [5.74, 6) is 0.431. The first kappa shape index (κ1) is 24.6. The predicted octanol–water partition coefficient (Wildman–Crippen LogP) is 6.95. The number of hydrogen-bond donors (Lipinski definition) is 2. The van der Waals surface area contributed by atoms with E-state index in [1.165, 1.54) is 12.8 Å². The number of anilines is 1. The van der Waals surface area contributed by atoms with Crippen molar-refractivity contribution in [2.45, 2.75) is 51.5 Å². The van der Waals surface area contributed by atoms with Crippen LogP contribution in [0.25, 0.3) is 22.4 Å². The second kappa shape index (κ2) is 10.9. The van der Waals surface area contributed by atoms with Crippen molar-refractivity contribution in [1.29, 1.82) is 0 Å². The van der Waals surface area contributed by atoms with Crippen LogP contribution < -0.4 is 10.1 Å². The van der Waals surface area contributed by atoms with Gasteiger partial charge >= 0.3 is 5.97 Å². The third-order valence-electron chi connectivity index (χ3n) is 6.91. The highest BCUT2D eigenvalue weighted by atomic mass is 16.5. The van der Waals surface area contributed by atoms with Gasteiger partial charge in [-0.1, -0.05) is 38.3 Å². The van der Waals surface area contributed by atoms with Crippen molar-refractivity contribution < 1.29 is 19.4 Å². The van der Waals surface area contributed by atoms with Crippen molar-refractivity contribution in [3.05, 3.63) is 77.9 Å². The molecule has 7 heteroatoms. The number of amides is 1. The van der Waals surface area contributed by atoms with Crippen LogP contribution in [0.3, 0.4) is 0 Å². The van der Waals surface area contributed by atoms with Crippen LogP contribution in [0.1, 0.15) is 72.2 Å². The zero-order valence-corrected chi connectivity index (χ0v) is 20.9. The van der Waals surface area contributed by atoms with Gasteiger partial charge in [-0.05, 0) is 73.9 Å². The molecule has 0 spiro atoms. The van der Waals surface area contributed by atoms with Crippen LogP contribution in [0, 0.1) is 0 Å².